The zero-order valence-corrected chi connectivity index (χ0v) is 8.42. The summed E-state index contributed by atoms with van der Waals surface area (Å²) >= 11 is 0. The maximum Gasteiger partial charge on any atom is 0.149 e. The van der Waals surface area contributed by atoms with E-state index < -0.39 is 0 Å². The van der Waals surface area contributed by atoms with Gasteiger partial charge in [-0.1, -0.05) is 5.16 Å². The third kappa shape index (κ3) is 1.04. The molecule has 0 aliphatic carbocycles. The number of fused-ring (bicyclic) bond motifs is 2. The largest absolute Gasteiger partial charge is 0.360 e. The predicted octanol–water partition coefficient (Wildman–Crippen LogP) is 0.351. The first-order valence-electron chi connectivity index (χ1n) is 5.13. The van der Waals surface area contributed by atoms with Crippen LogP contribution in [0.2, 0.25) is 0 Å². The normalized spacial score (nSPS) is 32.4. The molecule has 0 aromatic carbocycles. The summed E-state index contributed by atoms with van der Waals surface area (Å²) in [5, 5.41) is 7.37. The predicted molar refractivity (Wildman–Crippen MR) is 52.0 cm³/mol. The molecular weight excluding hydrogens is 178 g/mol. The summed E-state index contributed by atoms with van der Waals surface area (Å²) in [6.45, 7) is 4.17. The van der Waals surface area contributed by atoms with Crippen molar-refractivity contribution in [3.63, 3.8) is 0 Å². The van der Waals surface area contributed by atoms with Crippen molar-refractivity contribution in [2.75, 3.05) is 26.7 Å². The minimum atomic E-state index is 0.193. The van der Waals surface area contributed by atoms with Gasteiger partial charge in [0, 0.05) is 25.2 Å². The first-order chi connectivity index (χ1) is 6.80. The first kappa shape index (κ1) is 8.44. The molecule has 14 heavy (non-hydrogen) atoms. The van der Waals surface area contributed by atoms with Crippen LogP contribution in [0.5, 0.6) is 0 Å². The van der Waals surface area contributed by atoms with E-state index in [1.165, 1.54) is 12.0 Å². The highest BCUT2D eigenvalue weighted by atomic mass is 16.5. The Hall–Kier alpha value is -0.870. The Morgan fingerprint density at radius 3 is 3.36 bits per heavy atom. The molecule has 3 heterocycles. The van der Waals surface area contributed by atoms with E-state index >= 15 is 0 Å². The van der Waals surface area contributed by atoms with Gasteiger partial charge in [0.05, 0.1) is 11.6 Å². The fourth-order valence-corrected chi connectivity index (χ4v) is 2.75. The van der Waals surface area contributed by atoms with Crippen LogP contribution in [-0.4, -0.2) is 36.7 Å². The summed E-state index contributed by atoms with van der Waals surface area (Å²) in [6, 6.07) is 0. The quantitative estimate of drug-likeness (QED) is 0.645. The molecule has 2 aliphatic rings. The van der Waals surface area contributed by atoms with E-state index in [4.69, 9.17) is 4.52 Å². The van der Waals surface area contributed by atoms with Crippen molar-refractivity contribution < 1.29 is 4.52 Å². The lowest BCUT2D eigenvalue weighted by Crippen LogP contribution is -2.44. The summed E-state index contributed by atoms with van der Waals surface area (Å²) in [5.74, 6) is 1.13. The molecule has 1 atom stereocenters. The van der Waals surface area contributed by atoms with Gasteiger partial charge in [-0.05, 0) is 20.0 Å². The molecule has 76 valence electrons. The van der Waals surface area contributed by atoms with E-state index in [-0.39, 0.29) is 5.41 Å². The molecule has 1 aromatic heterocycles. The number of rotatable bonds is 0. The van der Waals surface area contributed by atoms with E-state index in [2.05, 4.69) is 22.4 Å². The molecule has 1 unspecified atom stereocenters. The van der Waals surface area contributed by atoms with Crippen LogP contribution in [0.4, 0.5) is 0 Å². The molecule has 0 saturated carbocycles. The van der Waals surface area contributed by atoms with Gasteiger partial charge in [0.1, 0.15) is 5.76 Å². The number of hydrogen-bond acceptors (Lipinski definition) is 4. The Balaban J connectivity index is 2.03. The van der Waals surface area contributed by atoms with Crippen LogP contribution in [0.1, 0.15) is 17.7 Å². The number of likely N-dealkylation sites (N-methyl/N-ethyl adjacent to an activating group) is 1. The van der Waals surface area contributed by atoms with E-state index in [0.29, 0.717) is 0 Å². The SMILES string of the molecule is CN1CCC2(CNCc3cnoc32)C1. The van der Waals surface area contributed by atoms with Crippen LogP contribution < -0.4 is 5.32 Å². The van der Waals surface area contributed by atoms with Gasteiger partial charge in [-0.3, -0.25) is 0 Å². The third-order valence-electron chi connectivity index (χ3n) is 3.45. The molecule has 0 radical (unpaired) electrons. The molecule has 1 fully saturated rings. The minimum Gasteiger partial charge on any atom is -0.360 e. The lowest BCUT2D eigenvalue weighted by Gasteiger charge is -2.31. The summed E-state index contributed by atoms with van der Waals surface area (Å²) < 4.78 is 5.43. The van der Waals surface area contributed by atoms with Crippen molar-refractivity contribution in [1.29, 1.82) is 0 Å². The molecule has 3 rings (SSSR count). The molecule has 1 N–H and O–H groups in total. The molecule has 4 heteroatoms. The molecule has 1 aromatic rings. The van der Waals surface area contributed by atoms with Gasteiger partial charge >= 0.3 is 0 Å². The van der Waals surface area contributed by atoms with Crippen LogP contribution in [0.15, 0.2) is 10.7 Å². The second-order valence-electron chi connectivity index (χ2n) is 4.55. The topological polar surface area (TPSA) is 41.3 Å². The zero-order valence-electron chi connectivity index (χ0n) is 8.42. The van der Waals surface area contributed by atoms with Crippen molar-refractivity contribution in [1.82, 2.24) is 15.4 Å². The highest BCUT2D eigenvalue weighted by Crippen LogP contribution is 2.37. The van der Waals surface area contributed by atoms with Crippen LogP contribution in [-0.2, 0) is 12.0 Å². The Labute approximate surface area is 83.2 Å². The Bertz CT molecular complexity index is 349. The van der Waals surface area contributed by atoms with Crippen LogP contribution in [0, 0.1) is 0 Å². The second kappa shape index (κ2) is 2.81. The molecule has 0 bridgehead atoms. The summed E-state index contributed by atoms with van der Waals surface area (Å²) in [7, 11) is 2.17. The van der Waals surface area contributed by atoms with Crippen LogP contribution >= 0.6 is 0 Å². The van der Waals surface area contributed by atoms with Gasteiger partial charge in [0.25, 0.3) is 0 Å². The number of nitrogens with zero attached hydrogens (tertiary/aromatic N) is 2. The van der Waals surface area contributed by atoms with Gasteiger partial charge in [-0.15, -0.1) is 0 Å². The lowest BCUT2D eigenvalue weighted by atomic mass is 9.80. The summed E-state index contributed by atoms with van der Waals surface area (Å²) in [6.07, 6.45) is 3.03. The number of aromatic nitrogens is 1. The number of likely N-dealkylation sites (tertiary alicyclic amines) is 1. The van der Waals surface area contributed by atoms with Gasteiger partial charge in [-0.2, -0.15) is 0 Å². The van der Waals surface area contributed by atoms with Gasteiger partial charge in [0.2, 0.25) is 0 Å². The molecule has 2 aliphatic heterocycles. The Morgan fingerprint density at radius 2 is 2.57 bits per heavy atom. The molecule has 4 nitrogen and oxygen atoms in total. The summed E-state index contributed by atoms with van der Waals surface area (Å²) in [4.78, 5) is 2.36. The van der Waals surface area contributed by atoms with Crippen LogP contribution in [0.3, 0.4) is 0 Å². The molecular formula is C10H15N3O. The lowest BCUT2D eigenvalue weighted by molar-refractivity contribution is 0.258. The van der Waals surface area contributed by atoms with Gasteiger partial charge in [0.15, 0.2) is 0 Å². The van der Waals surface area contributed by atoms with E-state index in [1.54, 1.807) is 0 Å². The van der Waals surface area contributed by atoms with Crippen LogP contribution in [0.25, 0.3) is 0 Å². The maximum atomic E-state index is 5.43. The Morgan fingerprint density at radius 1 is 1.64 bits per heavy atom. The van der Waals surface area contributed by atoms with Crippen molar-refractivity contribution in [3.05, 3.63) is 17.5 Å². The summed E-state index contributed by atoms with van der Waals surface area (Å²) in [5.41, 5.74) is 1.44. The van der Waals surface area contributed by atoms with E-state index in [0.717, 1.165) is 31.9 Å². The highest BCUT2D eigenvalue weighted by Gasteiger charge is 2.44. The van der Waals surface area contributed by atoms with Crippen molar-refractivity contribution >= 4 is 0 Å². The maximum absolute atomic E-state index is 5.43. The second-order valence-corrected chi connectivity index (χ2v) is 4.55. The first-order valence-corrected chi connectivity index (χ1v) is 5.13. The average molecular weight is 193 g/mol. The highest BCUT2D eigenvalue weighted by molar-refractivity contribution is 5.28. The fourth-order valence-electron chi connectivity index (χ4n) is 2.75. The number of nitrogens with one attached hydrogen (secondary N) is 1. The smallest absolute Gasteiger partial charge is 0.149 e. The van der Waals surface area contributed by atoms with Crippen molar-refractivity contribution in [3.8, 4) is 0 Å². The average Bonchev–Trinajstić information content (AvgIpc) is 2.75. The van der Waals surface area contributed by atoms with Crippen molar-refractivity contribution in [2.45, 2.75) is 18.4 Å². The van der Waals surface area contributed by atoms with Gasteiger partial charge in [-0.25, -0.2) is 0 Å². The molecule has 1 spiro atoms. The zero-order chi connectivity index (χ0) is 9.60. The minimum absolute atomic E-state index is 0.193. The molecule has 0 amide bonds. The van der Waals surface area contributed by atoms with E-state index in [9.17, 15) is 0 Å². The molecule has 1 saturated heterocycles. The third-order valence-corrected chi connectivity index (χ3v) is 3.45. The van der Waals surface area contributed by atoms with Crippen molar-refractivity contribution in [2.24, 2.45) is 0 Å². The Kier molecular flexibility index (Phi) is 1.69. The van der Waals surface area contributed by atoms with Gasteiger partial charge < -0.3 is 14.7 Å². The monoisotopic (exact) mass is 193 g/mol. The van der Waals surface area contributed by atoms with E-state index in [1.807, 2.05) is 6.20 Å². The fraction of sp³-hybridized carbons (Fsp3) is 0.700. The standard InChI is InChI=1S/C10H15N3O/c1-13-3-2-10(7-13)6-11-4-8-5-12-14-9(8)10/h5,11H,2-4,6-7H2,1H3. The number of hydrogen-bond donors (Lipinski definition) is 1.